The van der Waals surface area contributed by atoms with Gasteiger partial charge in [-0.05, 0) is 18.9 Å². The van der Waals surface area contributed by atoms with Crippen LogP contribution in [0.1, 0.15) is 12.8 Å². The van der Waals surface area contributed by atoms with Crippen molar-refractivity contribution < 1.29 is 8.42 Å². The highest BCUT2D eigenvalue weighted by Crippen LogP contribution is 2.46. The van der Waals surface area contributed by atoms with Crippen LogP contribution in [0.15, 0.2) is 37.2 Å². The van der Waals surface area contributed by atoms with Crippen molar-refractivity contribution in [3.8, 4) is 0 Å². The topological polar surface area (TPSA) is 100 Å². The molecule has 130 valence electrons. The first-order chi connectivity index (χ1) is 12.1. The minimum atomic E-state index is -3.58. The van der Waals surface area contributed by atoms with Crippen molar-refractivity contribution in [3.63, 3.8) is 0 Å². The van der Waals surface area contributed by atoms with E-state index in [1.54, 1.807) is 10.5 Å². The van der Waals surface area contributed by atoms with Gasteiger partial charge in [-0.25, -0.2) is 13.9 Å². The molecular weight excluding hydrogens is 342 g/mol. The molecule has 2 fully saturated rings. The smallest absolute Gasteiger partial charge is 0.309 e. The van der Waals surface area contributed by atoms with Crippen LogP contribution >= 0.6 is 0 Å². The van der Waals surface area contributed by atoms with Gasteiger partial charge in [0, 0.05) is 49.8 Å². The van der Waals surface area contributed by atoms with E-state index < -0.39 is 10.2 Å². The summed E-state index contributed by atoms with van der Waals surface area (Å²) in [6.07, 6.45) is 9.61. The molecule has 1 aliphatic heterocycles. The average Bonchev–Trinajstić information content (AvgIpc) is 3.08. The van der Waals surface area contributed by atoms with Gasteiger partial charge in [-0.1, -0.05) is 0 Å². The summed E-state index contributed by atoms with van der Waals surface area (Å²) in [5.74, 6) is 0.640. The van der Waals surface area contributed by atoms with E-state index in [0.717, 1.165) is 23.9 Å². The van der Waals surface area contributed by atoms with Crippen LogP contribution in [-0.2, 0) is 10.2 Å². The van der Waals surface area contributed by atoms with Crippen LogP contribution in [0.5, 0.6) is 0 Å². The summed E-state index contributed by atoms with van der Waals surface area (Å²) >= 11 is 0. The SMILES string of the molecule is O=S(=O)(N1CCN(c2ncc3cc[nH]c3n2)CC12CC2)n1ccnc1. The van der Waals surface area contributed by atoms with Crippen molar-refractivity contribution in [2.24, 2.45) is 0 Å². The molecule has 3 aromatic rings. The summed E-state index contributed by atoms with van der Waals surface area (Å²) in [5.41, 5.74) is 0.429. The highest BCUT2D eigenvalue weighted by molar-refractivity contribution is 7.87. The Balaban J connectivity index is 1.44. The van der Waals surface area contributed by atoms with E-state index in [-0.39, 0.29) is 5.54 Å². The molecule has 1 aliphatic carbocycles. The minimum absolute atomic E-state index is 0.366. The van der Waals surface area contributed by atoms with Gasteiger partial charge in [0.1, 0.15) is 12.0 Å². The van der Waals surface area contributed by atoms with Crippen LogP contribution in [-0.4, -0.2) is 61.8 Å². The Labute approximate surface area is 144 Å². The molecule has 1 spiro atoms. The number of rotatable bonds is 3. The highest BCUT2D eigenvalue weighted by Gasteiger charge is 2.56. The van der Waals surface area contributed by atoms with Crippen molar-refractivity contribution in [3.05, 3.63) is 37.2 Å². The molecule has 1 saturated carbocycles. The van der Waals surface area contributed by atoms with E-state index in [1.165, 1.54) is 22.7 Å². The molecule has 2 aliphatic rings. The fourth-order valence-corrected chi connectivity index (χ4v) is 5.18. The van der Waals surface area contributed by atoms with Crippen LogP contribution in [0.25, 0.3) is 11.0 Å². The summed E-state index contributed by atoms with van der Waals surface area (Å²) in [6.45, 7) is 1.57. The van der Waals surface area contributed by atoms with Gasteiger partial charge in [-0.15, -0.1) is 0 Å². The molecule has 0 atom stereocenters. The van der Waals surface area contributed by atoms with E-state index in [0.29, 0.717) is 25.6 Å². The van der Waals surface area contributed by atoms with Crippen molar-refractivity contribution in [1.82, 2.24) is 28.2 Å². The Bertz CT molecular complexity index is 1020. The van der Waals surface area contributed by atoms with E-state index >= 15 is 0 Å². The summed E-state index contributed by atoms with van der Waals surface area (Å²) in [4.78, 5) is 18.0. The fourth-order valence-electron chi connectivity index (χ4n) is 3.52. The number of nitrogens with one attached hydrogen (secondary N) is 1. The maximum atomic E-state index is 12.9. The normalized spacial score (nSPS) is 20.4. The number of H-pyrrole nitrogens is 1. The standard InChI is InChI=1S/C15H17N7O2S/c23-25(24,21-6-5-16-11-21)22-8-7-20(10-15(22)2-3-15)14-18-9-12-1-4-17-13(12)19-14/h1,4-6,9,11H,2-3,7-8,10H2,(H,17,18,19). The third-order valence-corrected chi connectivity index (χ3v) is 6.89. The van der Waals surface area contributed by atoms with Crippen LogP contribution in [0.2, 0.25) is 0 Å². The highest BCUT2D eigenvalue weighted by atomic mass is 32.2. The molecule has 0 amide bonds. The first kappa shape index (κ1) is 14.8. The lowest BCUT2D eigenvalue weighted by Crippen LogP contribution is -2.58. The van der Waals surface area contributed by atoms with Gasteiger partial charge in [-0.2, -0.15) is 17.7 Å². The molecule has 3 aromatic heterocycles. The molecular formula is C15H17N7O2S. The molecule has 25 heavy (non-hydrogen) atoms. The molecule has 0 radical (unpaired) electrons. The molecule has 1 saturated heterocycles. The molecule has 0 bridgehead atoms. The second-order valence-electron chi connectivity index (χ2n) is 6.57. The zero-order valence-electron chi connectivity index (χ0n) is 13.4. The van der Waals surface area contributed by atoms with Gasteiger partial charge >= 0.3 is 10.2 Å². The van der Waals surface area contributed by atoms with E-state index in [4.69, 9.17) is 0 Å². The second-order valence-corrected chi connectivity index (χ2v) is 8.33. The lowest BCUT2D eigenvalue weighted by Gasteiger charge is -2.40. The number of hydrogen-bond acceptors (Lipinski definition) is 6. The summed E-state index contributed by atoms with van der Waals surface area (Å²) in [5, 5.41) is 0.964. The van der Waals surface area contributed by atoms with E-state index in [9.17, 15) is 8.42 Å². The zero-order valence-corrected chi connectivity index (χ0v) is 14.2. The van der Waals surface area contributed by atoms with Crippen LogP contribution in [0.4, 0.5) is 5.95 Å². The lowest BCUT2D eigenvalue weighted by molar-refractivity contribution is 0.266. The average molecular weight is 359 g/mol. The molecule has 9 nitrogen and oxygen atoms in total. The quantitative estimate of drug-likeness (QED) is 0.735. The Hall–Kier alpha value is -2.46. The summed E-state index contributed by atoms with van der Waals surface area (Å²) in [7, 11) is -3.58. The van der Waals surface area contributed by atoms with Crippen molar-refractivity contribution in [1.29, 1.82) is 0 Å². The Kier molecular flexibility index (Phi) is 2.98. The Morgan fingerprint density at radius 1 is 1.24 bits per heavy atom. The summed E-state index contributed by atoms with van der Waals surface area (Å²) in [6, 6.07) is 1.93. The van der Waals surface area contributed by atoms with Crippen molar-refractivity contribution in [2.75, 3.05) is 24.5 Å². The lowest BCUT2D eigenvalue weighted by atomic mass is 10.2. The molecule has 0 aromatic carbocycles. The van der Waals surface area contributed by atoms with Gasteiger partial charge in [0.15, 0.2) is 0 Å². The summed E-state index contributed by atoms with van der Waals surface area (Å²) < 4.78 is 28.6. The maximum Gasteiger partial charge on any atom is 0.309 e. The van der Waals surface area contributed by atoms with Gasteiger partial charge in [-0.3, -0.25) is 0 Å². The second kappa shape index (κ2) is 5.02. The molecule has 10 heteroatoms. The largest absolute Gasteiger partial charge is 0.346 e. The van der Waals surface area contributed by atoms with Crippen LogP contribution in [0.3, 0.4) is 0 Å². The number of anilines is 1. The van der Waals surface area contributed by atoms with Crippen LogP contribution in [0, 0.1) is 0 Å². The zero-order chi connectivity index (χ0) is 17.1. The van der Waals surface area contributed by atoms with Gasteiger partial charge in [0.25, 0.3) is 0 Å². The molecule has 0 unspecified atom stereocenters. The van der Waals surface area contributed by atoms with Gasteiger partial charge in [0.2, 0.25) is 5.95 Å². The molecule has 1 N–H and O–H groups in total. The number of aromatic amines is 1. The number of aromatic nitrogens is 5. The number of nitrogens with zero attached hydrogens (tertiary/aromatic N) is 6. The van der Waals surface area contributed by atoms with Crippen molar-refractivity contribution in [2.45, 2.75) is 18.4 Å². The number of hydrogen-bond donors (Lipinski definition) is 1. The fraction of sp³-hybridized carbons (Fsp3) is 0.400. The van der Waals surface area contributed by atoms with Crippen LogP contribution < -0.4 is 4.90 Å². The number of fused-ring (bicyclic) bond motifs is 1. The first-order valence-corrected chi connectivity index (χ1v) is 9.55. The number of imidazole rings is 1. The maximum absolute atomic E-state index is 12.9. The first-order valence-electron chi connectivity index (χ1n) is 8.15. The Morgan fingerprint density at radius 3 is 2.88 bits per heavy atom. The monoisotopic (exact) mass is 359 g/mol. The Morgan fingerprint density at radius 2 is 2.12 bits per heavy atom. The van der Waals surface area contributed by atoms with E-state index in [1.807, 2.05) is 12.3 Å². The van der Waals surface area contributed by atoms with E-state index in [2.05, 4.69) is 24.8 Å². The van der Waals surface area contributed by atoms with Gasteiger partial charge in [0.05, 0.1) is 5.54 Å². The molecule has 5 rings (SSSR count). The predicted octanol–water partition coefficient (Wildman–Crippen LogP) is 0.602. The molecule has 4 heterocycles. The van der Waals surface area contributed by atoms with Crippen molar-refractivity contribution >= 4 is 27.2 Å². The predicted molar refractivity (Wildman–Crippen MR) is 91.3 cm³/mol. The number of piperazine rings is 1. The third-order valence-electron chi connectivity index (χ3n) is 5.01. The third kappa shape index (κ3) is 2.24. The van der Waals surface area contributed by atoms with Gasteiger partial charge < -0.3 is 9.88 Å². The minimum Gasteiger partial charge on any atom is -0.346 e.